The van der Waals surface area contributed by atoms with E-state index in [0.29, 0.717) is 34.5 Å². The molecular weight excluding hydrogens is 333 g/mol. The Morgan fingerprint density at radius 1 is 1.26 bits per heavy atom. The van der Waals surface area contributed by atoms with Gasteiger partial charge >= 0.3 is 0 Å². The highest BCUT2D eigenvalue weighted by molar-refractivity contribution is 6.42. The summed E-state index contributed by atoms with van der Waals surface area (Å²) in [5.41, 5.74) is 7.80. The zero-order valence-electron chi connectivity index (χ0n) is 13.1. The van der Waals surface area contributed by atoms with E-state index < -0.39 is 0 Å². The van der Waals surface area contributed by atoms with Gasteiger partial charge in [0.2, 0.25) is 5.88 Å². The summed E-state index contributed by atoms with van der Waals surface area (Å²) in [6, 6.07) is 7.76. The Morgan fingerprint density at radius 3 is 2.78 bits per heavy atom. The number of hydrogen-bond acceptors (Lipinski definition) is 3. The van der Waals surface area contributed by atoms with Crippen LogP contribution in [0.25, 0.3) is 5.69 Å². The Morgan fingerprint density at radius 2 is 2.09 bits per heavy atom. The topological polar surface area (TPSA) is 53.1 Å². The van der Waals surface area contributed by atoms with Crippen molar-refractivity contribution in [3.63, 3.8) is 0 Å². The van der Waals surface area contributed by atoms with Gasteiger partial charge in [-0.1, -0.05) is 23.2 Å². The van der Waals surface area contributed by atoms with E-state index in [1.807, 2.05) is 23.7 Å². The molecule has 0 amide bonds. The predicted molar refractivity (Wildman–Crippen MR) is 93.7 cm³/mol. The molecule has 0 aliphatic heterocycles. The van der Waals surface area contributed by atoms with Crippen LogP contribution in [0, 0.1) is 12.8 Å². The summed E-state index contributed by atoms with van der Waals surface area (Å²) < 4.78 is 7.62. The molecule has 0 radical (unpaired) electrons. The van der Waals surface area contributed by atoms with E-state index in [0.717, 1.165) is 30.6 Å². The molecule has 2 atom stereocenters. The van der Waals surface area contributed by atoms with Crippen LogP contribution in [0.5, 0.6) is 5.88 Å². The molecule has 0 spiro atoms. The second kappa shape index (κ2) is 7.12. The highest BCUT2D eigenvalue weighted by Gasteiger charge is 2.21. The lowest BCUT2D eigenvalue weighted by Gasteiger charge is -2.09. The van der Waals surface area contributed by atoms with Crippen LogP contribution in [0.2, 0.25) is 10.0 Å². The number of benzene rings is 1. The number of nitrogens with zero attached hydrogens (tertiary/aromatic N) is 2. The molecule has 2 unspecified atom stereocenters. The summed E-state index contributed by atoms with van der Waals surface area (Å²) in [6.45, 7) is 2.66. The minimum Gasteiger partial charge on any atom is -0.477 e. The Hall–Kier alpha value is -1.23. The van der Waals surface area contributed by atoms with Crippen molar-refractivity contribution in [2.75, 3.05) is 6.61 Å². The summed E-state index contributed by atoms with van der Waals surface area (Å²) in [7, 11) is 0. The molecule has 1 fully saturated rings. The van der Waals surface area contributed by atoms with Crippen LogP contribution in [-0.4, -0.2) is 22.4 Å². The number of nitrogens with two attached hydrogens (primary N) is 1. The fraction of sp³-hybridized carbons (Fsp3) is 0.471. The molecule has 0 saturated heterocycles. The number of hydrogen-bond donors (Lipinski definition) is 1. The van der Waals surface area contributed by atoms with Gasteiger partial charge in [-0.15, -0.1) is 5.10 Å². The van der Waals surface area contributed by atoms with Crippen molar-refractivity contribution in [3.8, 4) is 11.6 Å². The van der Waals surface area contributed by atoms with Gasteiger partial charge in [-0.2, -0.15) is 0 Å². The molecule has 4 nitrogen and oxygen atoms in total. The average Bonchev–Trinajstić information content (AvgIpc) is 3.08. The van der Waals surface area contributed by atoms with Crippen molar-refractivity contribution in [2.45, 2.75) is 38.6 Å². The quantitative estimate of drug-likeness (QED) is 0.867. The SMILES string of the molecule is Cc1cc(OCCC2CCC(N)C2)nn1-c1ccc(Cl)c(Cl)c1. The summed E-state index contributed by atoms with van der Waals surface area (Å²) in [4.78, 5) is 0. The maximum Gasteiger partial charge on any atom is 0.233 e. The van der Waals surface area contributed by atoms with E-state index in [2.05, 4.69) is 5.10 Å². The fourth-order valence-electron chi connectivity index (χ4n) is 3.10. The van der Waals surface area contributed by atoms with Crippen LogP contribution in [0.4, 0.5) is 0 Å². The molecule has 3 rings (SSSR count). The van der Waals surface area contributed by atoms with Crippen LogP contribution in [0.3, 0.4) is 0 Å². The maximum atomic E-state index is 6.08. The Balaban J connectivity index is 1.62. The standard InChI is InChI=1S/C17H21Cl2N3O/c1-11-8-17(23-7-6-12-2-3-13(20)9-12)21-22(11)14-4-5-15(18)16(19)10-14/h4-5,8,10,12-13H,2-3,6-7,9,20H2,1H3. The molecule has 1 aliphatic carbocycles. The first-order chi connectivity index (χ1) is 11.0. The van der Waals surface area contributed by atoms with E-state index >= 15 is 0 Å². The van der Waals surface area contributed by atoms with E-state index in [1.54, 1.807) is 12.1 Å². The highest BCUT2D eigenvalue weighted by Crippen LogP contribution is 2.28. The van der Waals surface area contributed by atoms with Crippen LogP contribution in [0.1, 0.15) is 31.4 Å². The molecule has 2 aromatic rings. The van der Waals surface area contributed by atoms with Crippen molar-refractivity contribution >= 4 is 23.2 Å². The lowest BCUT2D eigenvalue weighted by Crippen LogP contribution is -2.15. The van der Waals surface area contributed by atoms with Gasteiger partial charge in [-0.05, 0) is 56.7 Å². The first-order valence-electron chi connectivity index (χ1n) is 7.93. The molecule has 124 valence electrons. The van der Waals surface area contributed by atoms with Gasteiger partial charge in [-0.25, -0.2) is 4.68 Å². The highest BCUT2D eigenvalue weighted by atomic mass is 35.5. The van der Waals surface area contributed by atoms with Gasteiger partial charge in [-0.3, -0.25) is 0 Å². The Kier molecular flexibility index (Phi) is 5.14. The minimum absolute atomic E-state index is 0.371. The summed E-state index contributed by atoms with van der Waals surface area (Å²) in [5.74, 6) is 1.32. The zero-order chi connectivity index (χ0) is 16.4. The summed E-state index contributed by atoms with van der Waals surface area (Å²) in [6.07, 6.45) is 4.49. The largest absolute Gasteiger partial charge is 0.477 e. The van der Waals surface area contributed by atoms with Gasteiger partial charge in [0.15, 0.2) is 0 Å². The molecule has 1 saturated carbocycles. The molecule has 1 aliphatic rings. The first kappa shape index (κ1) is 16.6. The van der Waals surface area contributed by atoms with Gasteiger partial charge in [0, 0.05) is 17.8 Å². The predicted octanol–water partition coefficient (Wildman–Crippen LogP) is 4.38. The van der Waals surface area contributed by atoms with Gasteiger partial charge in [0.05, 0.1) is 22.3 Å². The van der Waals surface area contributed by atoms with Crippen LogP contribution in [-0.2, 0) is 0 Å². The zero-order valence-corrected chi connectivity index (χ0v) is 14.6. The maximum absolute atomic E-state index is 6.08. The van der Waals surface area contributed by atoms with Crippen molar-refractivity contribution in [1.82, 2.24) is 9.78 Å². The van der Waals surface area contributed by atoms with Gasteiger partial charge in [0.25, 0.3) is 0 Å². The molecule has 0 bridgehead atoms. The number of aryl methyl sites for hydroxylation is 1. The monoisotopic (exact) mass is 353 g/mol. The second-order valence-electron chi connectivity index (χ2n) is 6.21. The minimum atomic E-state index is 0.371. The summed E-state index contributed by atoms with van der Waals surface area (Å²) in [5, 5.41) is 5.54. The molecule has 23 heavy (non-hydrogen) atoms. The van der Waals surface area contributed by atoms with E-state index in [9.17, 15) is 0 Å². The van der Waals surface area contributed by atoms with E-state index in [1.165, 1.54) is 6.42 Å². The molecule has 6 heteroatoms. The van der Waals surface area contributed by atoms with Crippen molar-refractivity contribution in [1.29, 1.82) is 0 Å². The lowest BCUT2D eigenvalue weighted by atomic mass is 10.0. The molecule has 1 aromatic heterocycles. The van der Waals surface area contributed by atoms with Crippen molar-refractivity contribution in [2.24, 2.45) is 11.7 Å². The molecule has 1 heterocycles. The number of halogens is 2. The second-order valence-corrected chi connectivity index (χ2v) is 7.02. The molecular formula is C17H21Cl2N3O. The fourth-order valence-corrected chi connectivity index (χ4v) is 3.39. The Bertz CT molecular complexity index is 686. The third-order valence-corrected chi connectivity index (χ3v) is 5.11. The third-order valence-electron chi connectivity index (χ3n) is 4.37. The van der Waals surface area contributed by atoms with E-state index in [-0.39, 0.29) is 0 Å². The number of aromatic nitrogens is 2. The average molecular weight is 354 g/mol. The molecule has 1 aromatic carbocycles. The number of ether oxygens (including phenoxy) is 1. The van der Waals surface area contributed by atoms with Crippen molar-refractivity contribution in [3.05, 3.63) is 40.0 Å². The summed E-state index contributed by atoms with van der Waals surface area (Å²) >= 11 is 12.0. The first-order valence-corrected chi connectivity index (χ1v) is 8.69. The van der Waals surface area contributed by atoms with Crippen LogP contribution >= 0.6 is 23.2 Å². The normalized spacial score (nSPS) is 20.9. The van der Waals surface area contributed by atoms with Crippen LogP contribution in [0.15, 0.2) is 24.3 Å². The third kappa shape index (κ3) is 4.00. The van der Waals surface area contributed by atoms with Crippen LogP contribution < -0.4 is 10.5 Å². The van der Waals surface area contributed by atoms with E-state index in [4.69, 9.17) is 33.7 Å². The van der Waals surface area contributed by atoms with Crippen molar-refractivity contribution < 1.29 is 4.74 Å². The number of rotatable bonds is 5. The van der Waals surface area contributed by atoms with Gasteiger partial charge < -0.3 is 10.5 Å². The Labute approximate surface area is 146 Å². The lowest BCUT2D eigenvalue weighted by molar-refractivity contribution is 0.268. The van der Waals surface area contributed by atoms with Gasteiger partial charge in [0.1, 0.15) is 0 Å². The molecule has 2 N–H and O–H groups in total. The smallest absolute Gasteiger partial charge is 0.233 e.